The Balaban J connectivity index is 3.14. The van der Waals surface area contributed by atoms with Gasteiger partial charge < -0.3 is 14.2 Å². The smallest absolute Gasteiger partial charge is 0.493 e. The molecule has 0 atom stereocenters. The molecule has 1 aromatic carbocycles. The van der Waals surface area contributed by atoms with Crippen molar-refractivity contribution in [2.45, 2.75) is 6.36 Å². The second-order valence-electron chi connectivity index (χ2n) is 2.66. The van der Waals surface area contributed by atoms with Gasteiger partial charge in [-0.1, -0.05) is 0 Å². The molecule has 16 heavy (non-hydrogen) atoms. The van der Waals surface area contributed by atoms with E-state index in [4.69, 9.17) is 4.74 Å². The molecule has 0 fully saturated rings. The molecule has 0 amide bonds. The molecule has 1 rings (SSSR count). The predicted molar refractivity (Wildman–Crippen MR) is 46.2 cm³/mol. The predicted octanol–water partition coefficient (Wildman–Crippen LogP) is 2.74. The quantitative estimate of drug-likeness (QED) is 0.760. The highest BCUT2D eigenvalue weighted by atomic mass is 19.4. The van der Waals surface area contributed by atoms with E-state index in [9.17, 15) is 17.6 Å². The Morgan fingerprint density at radius 1 is 1.00 bits per heavy atom. The summed E-state index contributed by atoms with van der Waals surface area (Å²) in [6.45, 7) is 0. The van der Waals surface area contributed by atoms with Gasteiger partial charge in [-0.25, -0.2) is 0 Å². The summed E-state index contributed by atoms with van der Waals surface area (Å²) in [4.78, 5) is 0. The van der Waals surface area contributed by atoms with Gasteiger partial charge in [-0.3, -0.25) is 0 Å². The fraction of sp³-hybridized carbons (Fsp3) is 0.333. The van der Waals surface area contributed by atoms with Crippen molar-refractivity contribution in [3.63, 3.8) is 0 Å². The summed E-state index contributed by atoms with van der Waals surface area (Å²) in [5.74, 6) is -2.69. The molecule has 0 radical (unpaired) electrons. The van der Waals surface area contributed by atoms with Gasteiger partial charge in [0.25, 0.3) is 0 Å². The average molecular weight is 240 g/mol. The zero-order valence-corrected chi connectivity index (χ0v) is 8.39. The van der Waals surface area contributed by atoms with Crippen LogP contribution in [0, 0.1) is 5.82 Å². The van der Waals surface area contributed by atoms with E-state index >= 15 is 0 Å². The molecule has 1 aromatic rings. The maximum absolute atomic E-state index is 13.4. The Bertz CT molecular complexity index is 376. The first-order valence-corrected chi connectivity index (χ1v) is 4.05. The number of halogens is 4. The van der Waals surface area contributed by atoms with Crippen LogP contribution in [0.5, 0.6) is 17.2 Å². The number of hydrogen-bond donors (Lipinski definition) is 0. The van der Waals surface area contributed by atoms with Crippen molar-refractivity contribution in [2.75, 3.05) is 14.2 Å². The molecular formula is C9H8F4O3. The molecule has 0 unspecified atom stereocenters. The molecule has 0 aliphatic rings. The summed E-state index contributed by atoms with van der Waals surface area (Å²) in [5.41, 5.74) is 0. The topological polar surface area (TPSA) is 27.7 Å². The largest absolute Gasteiger partial charge is 0.573 e. The fourth-order valence-corrected chi connectivity index (χ4v) is 1.07. The average Bonchev–Trinajstić information content (AvgIpc) is 2.19. The van der Waals surface area contributed by atoms with E-state index in [1.54, 1.807) is 0 Å². The molecule has 3 nitrogen and oxygen atoms in total. The lowest BCUT2D eigenvalue weighted by atomic mass is 10.3. The Morgan fingerprint density at radius 3 is 2.00 bits per heavy atom. The fourth-order valence-electron chi connectivity index (χ4n) is 1.07. The third-order valence-electron chi connectivity index (χ3n) is 1.68. The standard InChI is InChI=1S/C9H8F4O3/c1-14-6-4-3-5(16-9(11,12)13)7(10)8(6)15-2/h3-4H,1-2H3. The summed E-state index contributed by atoms with van der Waals surface area (Å²) >= 11 is 0. The van der Waals surface area contributed by atoms with E-state index in [2.05, 4.69) is 9.47 Å². The Morgan fingerprint density at radius 2 is 1.56 bits per heavy atom. The van der Waals surface area contributed by atoms with Crippen molar-refractivity contribution in [2.24, 2.45) is 0 Å². The molecule has 0 saturated heterocycles. The Hall–Kier alpha value is -1.66. The van der Waals surface area contributed by atoms with Crippen LogP contribution < -0.4 is 14.2 Å². The zero-order chi connectivity index (χ0) is 12.3. The molecule has 0 heterocycles. The van der Waals surface area contributed by atoms with Crippen molar-refractivity contribution in [3.8, 4) is 17.2 Å². The molecule has 0 aliphatic carbocycles. The second kappa shape index (κ2) is 4.46. The Labute approximate surface area is 88.5 Å². The number of hydrogen-bond acceptors (Lipinski definition) is 3. The first-order chi connectivity index (χ1) is 7.39. The molecule has 0 spiro atoms. The van der Waals surface area contributed by atoms with Crippen LogP contribution in [0.25, 0.3) is 0 Å². The van der Waals surface area contributed by atoms with E-state index in [-0.39, 0.29) is 5.75 Å². The highest BCUT2D eigenvalue weighted by Crippen LogP contribution is 2.37. The van der Waals surface area contributed by atoms with Crippen molar-refractivity contribution in [1.82, 2.24) is 0 Å². The summed E-state index contributed by atoms with van der Waals surface area (Å²) in [7, 11) is 2.35. The monoisotopic (exact) mass is 240 g/mol. The van der Waals surface area contributed by atoms with Crippen LogP contribution in [0.3, 0.4) is 0 Å². The number of alkyl halides is 3. The lowest BCUT2D eigenvalue weighted by molar-refractivity contribution is -0.275. The van der Waals surface area contributed by atoms with E-state index in [1.165, 1.54) is 7.11 Å². The molecule has 0 bridgehead atoms. The molecule has 0 aromatic heterocycles. The van der Waals surface area contributed by atoms with Gasteiger partial charge in [0, 0.05) is 0 Å². The van der Waals surface area contributed by atoms with Crippen molar-refractivity contribution >= 4 is 0 Å². The molecule has 90 valence electrons. The molecular weight excluding hydrogens is 232 g/mol. The third-order valence-corrected chi connectivity index (χ3v) is 1.68. The van der Waals surface area contributed by atoms with Crippen LogP contribution >= 0.6 is 0 Å². The van der Waals surface area contributed by atoms with E-state index in [0.717, 1.165) is 19.2 Å². The first kappa shape index (κ1) is 12.4. The maximum Gasteiger partial charge on any atom is 0.573 e. The number of benzene rings is 1. The lowest BCUT2D eigenvalue weighted by Crippen LogP contribution is -2.18. The minimum absolute atomic E-state index is 0.0190. The summed E-state index contributed by atoms with van der Waals surface area (Å²) in [6.07, 6.45) is -4.96. The highest BCUT2D eigenvalue weighted by molar-refractivity contribution is 5.47. The van der Waals surface area contributed by atoms with Gasteiger partial charge in [0.05, 0.1) is 14.2 Å². The van der Waals surface area contributed by atoms with E-state index in [1.807, 2.05) is 0 Å². The number of methoxy groups -OCH3 is 2. The third kappa shape index (κ3) is 2.68. The van der Waals surface area contributed by atoms with Gasteiger partial charge in [-0.15, -0.1) is 13.2 Å². The zero-order valence-electron chi connectivity index (χ0n) is 8.39. The summed E-state index contributed by atoms with van der Waals surface area (Å²) in [5, 5.41) is 0. The van der Waals surface area contributed by atoms with Crippen molar-refractivity contribution < 1.29 is 31.8 Å². The van der Waals surface area contributed by atoms with Crippen LogP contribution in [-0.2, 0) is 0 Å². The minimum atomic E-state index is -4.96. The molecule has 7 heteroatoms. The van der Waals surface area contributed by atoms with E-state index < -0.39 is 23.7 Å². The normalized spacial score (nSPS) is 11.1. The van der Waals surface area contributed by atoms with Crippen LogP contribution in [0.1, 0.15) is 0 Å². The number of rotatable bonds is 3. The van der Waals surface area contributed by atoms with Crippen LogP contribution in [0.2, 0.25) is 0 Å². The highest BCUT2D eigenvalue weighted by Gasteiger charge is 2.33. The summed E-state index contributed by atoms with van der Waals surface area (Å²) in [6, 6.07) is 1.92. The van der Waals surface area contributed by atoms with E-state index in [0.29, 0.717) is 0 Å². The van der Waals surface area contributed by atoms with Gasteiger partial charge in [0.15, 0.2) is 11.5 Å². The van der Waals surface area contributed by atoms with Gasteiger partial charge >= 0.3 is 6.36 Å². The van der Waals surface area contributed by atoms with Crippen molar-refractivity contribution in [1.29, 1.82) is 0 Å². The van der Waals surface area contributed by atoms with Crippen LogP contribution in [0.4, 0.5) is 17.6 Å². The molecule has 0 aliphatic heterocycles. The minimum Gasteiger partial charge on any atom is -0.493 e. The van der Waals surface area contributed by atoms with Gasteiger partial charge in [-0.05, 0) is 12.1 Å². The SMILES string of the molecule is COc1ccc(OC(F)(F)F)c(F)c1OC. The molecule has 0 saturated carbocycles. The van der Waals surface area contributed by atoms with Crippen LogP contribution in [0.15, 0.2) is 12.1 Å². The lowest BCUT2D eigenvalue weighted by Gasteiger charge is -2.13. The first-order valence-electron chi connectivity index (χ1n) is 4.05. The van der Waals surface area contributed by atoms with Gasteiger partial charge in [-0.2, -0.15) is 4.39 Å². The number of ether oxygens (including phenoxy) is 3. The Kier molecular flexibility index (Phi) is 3.46. The van der Waals surface area contributed by atoms with Gasteiger partial charge in [0.1, 0.15) is 0 Å². The van der Waals surface area contributed by atoms with Crippen molar-refractivity contribution in [3.05, 3.63) is 17.9 Å². The van der Waals surface area contributed by atoms with Crippen LogP contribution in [-0.4, -0.2) is 20.6 Å². The van der Waals surface area contributed by atoms with Gasteiger partial charge in [0.2, 0.25) is 11.6 Å². The maximum atomic E-state index is 13.4. The second-order valence-corrected chi connectivity index (χ2v) is 2.66. The molecule has 0 N–H and O–H groups in total. The summed E-state index contributed by atoms with van der Waals surface area (Å²) < 4.78 is 61.8.